The van der Waals surface area contributed by atoms with E-state index in [1.807, 2.05) is 60.7 Å². The van der Waals surface area contributed by atoms with Crippen LogP contribution in [0.5, 0.6) is 0 Å². The number of aliphatic carboxylic acids is 1. The molecule has 0 radical (unpaired) electrons. The van der Waals surface area contributed by atoms with Gasteiger partial charge in [0.2, 0.25) is 0 Å². The van der Waals surface area contributed by atoms with Crippen molar-refractivity contribution < 1.29 is 14.7 Å². The first-order valence-corrected chi connectivity index (χ1v) is 10.2. The number of nitrogens with two attached hydrogens (primary N) is 1. The molecule has 0 saturated heterocycles. The number of carboxylic acid groups (broad SMARTS) is 1. The Kier molecular flexibility index (Phi) is 7.23. The minimum atomic E-state index is -1.21. The Hall–Kier alpha value is -4.13. The van der Waals surface area contributed by atoms with E-state index in [4.69, 9.17) is 5.73 Å². The molecule has 7 heteroatoms. The largest absolute Gasteiger partial charge is 0.480 e. The van der Waals surface area contributed by atoms with E-state index in [9.17, 15) is 19.5 Å². The number of allylic oxidation sites excluding steroid dienone is 1. The molecule has 0 aliphatic rings. The van der Waals surface area contributed by atoms with Gasteiger partial charge in [0.15, 0.2) is 0 Å². The maximum absolute atomic E-state index is 13.3. The minimum Gasteiger partial charge on any atom is -0.480 e. The first-order chi connectivity index (χ1) is 15.4. The van der Waals surface area contributed by atoms with Gasteiger partial charge in [0, 0.05) is 11.9 Å². The van der Waals surface area contributed by atoms with E-state index in [2.05, 4.69) is 11.9 Å². The molecule has 1 aromatic heterocycles. The van der Waals surface area contributed by atoms with Gasteiger partial charge >= 0.3 is 5.97 Å². The second-order valence-corrected chi connectivity index (χ2v) is 7.42. The smallest absolute Gasteiger partial charge is 0.326 e. The lowest BCUT2D eigenvalue weighted by Gasteiger charge is -2.22. The molecule has 2 aromatic carbocycles. The molecule has 1 heterocycles. The van der Waals surface area contributed by atoms with Gasteiger partial charge in [0.1, 0.15) is 11.6 Å². The molecule has 0 aliphatic carbocycles. The molecule has 0 aliphatic heterocycles. The first kappa shape index (κ1) is 22.6. The van der Waals surface area contributed by atoms with Crippen molar-refractivity contribution in [2.45, 2.75) is 24.9 Å². The summed E-state index contributed by atoms with van der Waals surface area (Å²) in [5.41, 5.74) is 6.94. The average Bonchev–Trinajstić information content (AvgIpc) is 2.79. The molecule has 1 unspecified atom stereocenters. The van der Waals surface area contributed by atoms with E-state index < -0.39 is 29.5 Å². The third-order valence-electron chi connectivity index (χ3n) is 5.09. The van der Waals surface area contributed by atoms with E-state index in [-0.39, 0.29) is 18.4 Å². The molecule has 3 aromatic rings. The van der Waals surface area contributed by atoms with Crippen molar-refractivity contribution in [1.29, 1.82) is 0 Å². The zero-order valence-corrected chi connectivity index (χ0v) is 17.5. The van der Waals surface area contributed by atoms with E-state index in [1.54, 1.807) is 12.3 Å². The summed E-state index contributed by atoms with van der Waals surface area (Å²) in [4.78, 5) is 37.7. The Morgan fingerprint density at radius 2 is 1.53 bits per heavy atom. The van der Waals surface area contributed by atoms with Crippen LogP contribution in [0.4, 0.5) is 0 Å². The quantitative estimate of drug-likeness (QED) is 0.482. The highest BCUT2D eigenvalue weighted by molar-refractivity contribution is 5.96. The third kappa shape index (κ3) is 5.31. The maximum atomic E-state index is 13.3. The number of aromatic nitrogens is 1. The Bertz CT molecular complexity index is 1120. The predicted octanol–water partition coefficient (Wildman–Crippen LogP) is 2.92. The lowest BCUT2D eigenvalue weighted by atomic mass is 9.98. The van der Waals surface area contributed by atoms with Crippen molar-refractivity contribution in [3.63, 3.8) is 0 Å². The highest BCUT2D eigenvalue weighted by Crippen LogP contribution is 2.25. The Labute approximate surface area is 185 Å². The summed E-state index contributed by atoms with van der Waals surface area (Å²) in [7, 11) is 0. The van der Waals surface area contributed by atoms with Gasteiger partial charge in [0.05, 0.1) is 6.04 Å². The molecule has 7 nitrogen and oxygen atoms in total. The summed E-state index contributed by atoms with van der Waals surface area (Å²) in [6, 6.07) is 20.3. The fraction of sp³-hybridized carbons (Fsp3) is 0.160. The van der Waals surface area contributed by atoms with Gasteiger partial charge < -0.3 is 20.7 Å². The van der Waals surface area contributed by atoms with Gasteiger partial charge in [-0.1, -0.05) is 67.2 Å². The summed E-state index contributed by atoms with van der Waals surface area (Å²) in [6.45, 7) is 3.55. The Morgan fingerprint density at radius 1 is 0.969 bits per heavy atom. The van der Waals surface area contributed by atoms with Gasteiger partial charge in [-0.25, -0.2) is 4.79 Å². The van der Waals surface area contributed by atoms with E-state index in [1.165, 1.54) is 10.6 Å². The number of hydrogen-bond donors (Lipinski definition) is 3. The van der Waals surface area contributed by atoms with Crippen molar-refractivity contribution in [3.05, 3.63) is 118 Å². The summed E-state index contributed by atoms with van der Waals surface area (Å²) in [5, 5.41) is 11.8. The topological polar surface area (TPSA) is 114 Å². The molecule has 3 rings (SSSR count). The molecule has 0 saturated carbocycles. The number of rotatable bonds is 9. The zero-order chi connectivity index (χ0) is 23.1. The SMILES string of the molecule is C=C(N)CCC(NC(=O)c1cccn(C(c2ccccc2)c2ccccc2)c1=O)C(=O)O. The number of pyridine rings is 1. The fourth-order valence-electron chi connectivity index (χ4n) is 3.49. The number of benzene rings is 2. The van der Waals surface area contributed by atoms with Crippen LogP contribution in [0.1, 0.15) is 40.4 Å². The number of nitrogens with one attached hydrogen (secondary N) is 1. The van der Waals surface area contributed by atoms with Gasteiger partial charge in [-0.05, 0) is 36.1 Å². The summed E-state index contributed by atoms with van der Waals surface area (Å²) >= 11 is 0. The lowest BCUT2D eigenvalue weighted by Crippen LogP contribution is -2.43. The molecule has 4 N–H and O–H groups in total. The molecule has 0 fully saturated rings. The van der Waals surface area contributed by atoms with Crippen LogP contribution >= 0.6 is 0 Å². The molecule has 1 atom stereocenters. The third-order valence-corrected chi connectivity index (χ3v) is 5.09. The molecular weight excluding hydrogens is 406 g/mol. The van der Waals surface area contributed by atoms with Crippen molar-refractivity contribution in [2.75, 3.05) is 0 Å². The number of carboxylic acids is 1. The normalized spacial score (nSPS) is 11.7. The Balaban J connectivity index is 1.99. The second kappa shape index (κ2) is 10.3. The molecule has 1 amide bonds. The van der Waals surface area contributed by atoms with Crippen LogP contribution < -0.4 is 16.6 Å². The van der Waals surface area contributed by atoms with Crippen molar-refractivity contribution >= 4 is 11.9 Å². The maximum Gasteiger partial charge on any atom is 0.326 e. The molecule has 32 heavy (non-hydrogen) atoms. The van der Waals surface area contributed by atoms with E-state index in [0.29, 0.717) is 5.70 Å². The van der Waals surface area contributed by atoms with Crippen LogP contribution in [0.15, 0.2) is 96.1 Å². The highest BCUT2D eigenvalue weighted by Gasteiger charge is 2.24. The summed E-state index contributed by atoms with van der Waals surface area (Å²) in [5.74, 6) is -1.96. The molecule has 0 spiro atoms. The molecule has 0 bridgehead atoms. The van der Waals surface area contributed by atoms with Gasteiger partial charge in [-0.3, -0.25) is 9.59 Å². The number of nitrogens with zero attached hydrogens (tertiary/aromatic N) is 1. The fourth-order valence-corrected chi connectivity index (χ4v) is 3.49. The monoisotopic (exact) mass is 431 g/mol. The number of carbonyl (C=O) groups excluding carboxylic acids is 1. The van der Waals surface area contributed by atoms with Crippen LogP contribution in [0.2, 0.25) is 0 Å². The summed E-state index contributed by atoms with van der Waals surface area (Å²) < 4.78 is 1.48. The number of hydrogen-bond acceptors (Lipinski definition) is 4. The Morgan fingerprint density at radius 3 is 2.03 bits per heavy atom. The van der Waals surface area contributed by atoms with Crippen LogP contribution in [-0.4, -0.2) is 27.6 Å². The van der Waals surface area contributed by atoms with E-state index >= 15 is 0 Å². The standard InChI is InChI=1S/C25H25N3O4/c1-17(26)14-15-21(25(31)32)27-23(29)20-13-8-16-28(24(20)30)22(18-9-4-2-5-10-18)19-11-6-3-7-12-19/h2-13,16,21-22H,1,14-15,26H2,(H,27,29)(H,31,32). The molecule has 164 valence electrons. The van der Waals surface area contributed by atoms with Gasteiger partial charge in [-0.2, -0.15) is 0 Å². The van der Waals surface area contributed by atoms with Crippen LogP contribution in [-0.2, 0) is 4.79 Å². The highest BCUT2D eigenvalue weighted by atomic mass is 16.4. The second-order valence-electron chi connectivity index (χ2n) is 7.42. The molecular formula is C25H25N3O4. The number of amides is 1. The average molecular weight is 431 g/mol. The van der Waals surface area contributed by atoms with Gasteiger partial charge in [0.25, 0.3) is 11.5 Å². The predicted molar refractivity (Wildman–Crippen MR) is 122 cm³/mol. The van der Waals surface area contributed by atoms with Gasteiger partial charge in [-0.15, -0.1) is 0 Å². The van der Waals surface area contributed by atoms with Crippen LogP contribution in [0, 0.1) is 0 Å². The van der Waals surface area contributed by atoms with Crippen molar-refractivity contribution in [1.82, 2.24) is 9.88 Å². The van der Waals surface area contributed by atoms with Crippen molar-refractivity contribution in [2.24, 2.45) is 5.73 Å². The number of carbonyl (C=O) groups is 2. The van der Waals surface area contributed by atoms with E-state index in [0.717, 1.165) is 11.1 Å². The zero-order valence-electron chi connectivity index (χ0n) is 17.5. The first-order valence-electron chi connectivity index (χ1n) is 10.2. The summed E-state index contributed by atoms with van der Waals surface area (Å²) in [6.07, 6.45) is 1.94. The van der Waals surface area contributed by atoms with Crippen molar-refractivity contribution in [3.8, 4) is 0 Å². The van der Waals surface area contributed by atoms with Crippen LogP contribution in [0.25, 0.3) is 0 Å². The minimum absolute atomic E-state index is 0.0775. The van der Waals surface area contributed by atoms with Crippen LogP contribution in [0.3, 0.4) is 0 Å². The lowest BCUT2D eigenvalue weighted by molar-refractivity contribution is -0.139.